The Morgan fingerprint density at radius 1 is 0.971 bits per heavy atom. The molecule has 7 nitrogen and oxygen atoms in total. The Hall–Kier alpha value is -3.49. The van der Waals surface area contributed by atoms with Gasteiger partial charge in [-0.3, -0.25) is 0 Å². The highest BCUT2D eigenvalue weighted by molar-refractivity contribution is 7.85. The van der Waals surface area contributed by atoms with Gasteiger partial charge >= 0.3 is 0 Å². The van der Waals surface area contributed by atoms with Crippen LogP contribution in [0.25, 0.3) is 17.2 Å². The van der Waals surface area contributed by atoms with Crippen LogP contribution in [0.3, 0.4) is 0 Å². The number of aryl methyl sites for hydroxylation is 1. The molecule has 1 heterocycles. The van der Waals surface area contributed by atoms with E-state index in [-0.39, 0.29) is 13.4 Å². The van der Waals surface area contributed by atoms with Crippen LogP contribution in [-0.2, 0) is 10.8 Å². The summed E-state index contributed by atoms with van der Waals surface area (Å²) in [6.07, 6.45) is 3.36. The van der Waals surface area contributed by atoms with Crippen LogP contribution in [0.15, 0.2) is 58.3 Å². The van der Waals surface area contributed by atoms with E-state index in [9.17, 15) is 9.32 Å². The molecule has 0 saturated heterocycles. The number of fused-ring (bicyclic) bond motifs is 1. The van der Waals surface area contributed by atoms with Crippen LogP contribution < -0.4 is 23.7 Å². The molecule has 0 aromatic heterocycles. The highest BCUT2D eigenvalue weighted by atomic mass is 32.2. The van der Waals surface area contributed by atoms with Crippen molar-refractivity contribution in [2.75, 3.05) is 34.7 Å². The third kappa shape index (κ3) is 4.34. The van der Waals surface area contributed by atoms with E-state index >= 15 is 0 Å². The van der Waals surface area contributed by atoms with Gasteiger partial charge in [-0.25, -0.2) is 4.21 Å². The van der Waals surface area contributed by atoms with Crippen molar-refractivity contribution >= 4 is 16.9 Å². The predicted molar refractivity (Wildman–Crippen MR) is 130 cm³/mol. The maximum atomic E-state index is 13.8. The highest BCUT2D eigenvalue weighted by Gasteiger charge is 2.28. The van der Waals surface area contributed by atoms with E-state index < -0.39 is 10.8 Å². The van der Waals surface area contributed by atoms with E-state index in [1.54, 1.807) is 30.4 Å². The van der Waals surface area contributed by atoms with Gasteiger partial charge in [0.1, 0.15) is 0 Å². The molecule has 0 fully saturated rings. The minimum atomic E-state index is -1.54. The van der Waals surface area contributed by atoms with E-state index in [1.165, 1.54) is 21.3 Å². The second-order valence-corrected chi connectivity index (χ2v) is 8.93. The quantitative estimate of drug-likeness (QED) is 0.503. The van der Waals surface area contributed by atoms with E-state index in [0.717, 1.165) is 5.56 Å². The van der Waals surface area contributed by atoms with Gasteiger partial charge in [-0.2, -0.15) is 0 Å². The molecule has 178 valence electrons. The molecule has 4 rings (SSSR count). The van der Waals surface area contributed by atoms with Gasteiger partial charge in [-0.05, 0) is 36.8 Å². The first-order chi connectivity index (χ1) is 16.5. The van der Waals surface area contributed by atoms with Gasteiger partial charge in [0.05, 0.1) is 43.6 Å². The first-order valence-electron chi connectivity index (χ1n) is 10.5. The fourth-order valence-corrected chi connectivity index (χ4v) is 5.04. The monoisotopic (exact) mass is 482 g/mol. The van der Waals surface area contributed by atoms with Crippen molar-refractivity contribution < 1.29 is 33.0 Å². The summed E-state index contributed by atoms with van der Waals surface area (Å²) in [6, 6.07) is 12.9. The lowest BCUT2D eigenvalue weighted by Gasteiger charge is -2.20. The van der Waals surface area contributed by atoms with Gasteiger partial charge in [0.25, 0.3) is 0 Å². The van der Waals surface area contributed by atoms with Crippen molar-refractivity contribution in [2.45, 2.75) is 16.7 Å². The molecule has 0 amide bonds. The molecule has 1 aliphatic rings. The molecule has 3 aromatic carbocycles. The first kappa shape index (κ1) is 23.7. The van der Waals surface area contributed by atoms with E-state index in [2.05, 4.69) is 0 Å². The summed E-state index contributed by atoms with van der Waals surface area (Å²) in [7, 11) is 3.06. The molecule has 0 spiro atoms. The zero-order valence-corrected chi connectivity index (χ0v) is 20.2. The van der Waals surface area contributed by atoms with Crippen molar-refractivity contribution in [3.63, 3.8) is 0 Å². The number of ether oxygens (including phenoxy) is 5. The third-order valence-electron chi connectivity index (χ3n) is 5.44. The standard InChI is InChI=1S/C26H26O7S/c1-16-7-9-18(10-8-16)34(28)23-14-21-20(32-15-33-21)13-19(23)24-17(6-5-11-27)12-22(29-2)25(30-3)26(24)31-4/h5-10,12-14,27H,11,15H2,1-4H3/b6-5+. The van der Waals surface area contributed by atoms with Crippen LogP contribution >= 0.6 is 0 Å². The van der Waals surface area contributed by atoms with Crippen molar-refractivity contribution in [1.82, 2.24) is 0 Å². The lowest BCUT2D eigenvalue weighted by molar-refractivity contribution is 0.174. The van der Waals surface area contributed by atoms with Gasteiger partial charge in [0.15, 0.2) is 23.0 Å². The Morgan fingerprint density at radius 3 is 2.26 bits per heavy atom. The van der Waals surface area contributed by atoms with Crippen LogP contribution in [0.2, 0.25) is 0 Å². The Labute approximate surface area is 201 Å². The zero-order valence-electron chi connectivity index (χ0n) is 19.4. The molecule has 1 atom stereocenters. The van der Waals surface area contributed by atoms with Crippen LogP contribution in [0.5, 0.6) is 28.7 Å². The van der Waals surface area contributed by atoms with E-state index in [0.29, 0.717) is 55.2 Å². The van der Waals surface area contributed by atoms with Crippen molar-refractivity contribution in [3.05, 3.63) is 59.7 Å². The lowest BCUT2D eigenvalue weighted by Crippen LogP contribution is -2.02. The average Bonchev–Trinajstić information content (AvgIpc) is 3.33. The molecule has 0 bridgehead atoms. The number of aliphatic hydroxyl groups is 1. The smallest absolute Gasteiger partial charge is 0.231 e. The third-order valence-corrected chi connectivity index (χ3v) is 6.88. The summed E-state index contributed by atoms with van der Waals surface area (Å²) in [6.45, 7) is 1.90. The molecule has 0 radical (unpaired) electrons. The summed E-state index contributed by atoms with van der Waals surface area (Å²) in [4.78, 5) is 1.18. The number of aliphatic hydroxyl groups excluding tert-OH is 1. The van der Waals surface area contributed by atoms with Crippen molar-refractivity contribution in [2.24, 2.45) is 0 Å². The Balaban J connectivity index is 2.04. The molecule has 1 aliphatic heterocycles. The van der Waals surface area contributed by atoms with Gasteiger partial charge in [-0.15, -0.1) is 0 Å². The largest absolute Gasteiger partial charge is 0.493 e. The normalized spacial score (nSPS) is 13.2. The summed E-state index contributed by atoms with van der Waals surface area (Å²) >= 11 is 0. The summed E-state index contributed by atoms with van der Waals surface area (Å²) in [5.74, 6) is 2.31. The van der Waals surface area contributed by atoms with Gasteiger partial charge in [0.2, 0.25) is 12.5 Å². The molecule has 8 heteroatoms. The molecular weight excluding hydrogens is 456 g/mol. The highest BCUT2D eigenvalue weighted by Crippen LogP contribution is 2.51. The maximum absolute atomic E-state index is 13.8. The number of methoxy groups -OCH3 is 3. The van der Waals surface area contributed by atoms with Gasteiger partial charge in [0, 0.05) is 22.1 Å². The molecule has 34 heavy (non-hydrogen) atoms. The lowest BCUT2D eigenvalue weighted by atomic mass is 9.96. The summed E-state index contributed by atoms with van der Waals surface area (Å²) in [5, 5.41) is 9.42. The Kier molecular flexibility index (Phi) is 7.09. The zero-order chi connectivity index (χ0) is 24.2. The molecule has 0 aliphatic carbocycles. The number of rotatable bonds is 8. The molecular formula is C26H26O7S. The fraction of sp³-hybridized carbons (Fsp3) is 0.231. The minimum absolute atomic E-state index is 0.0791. The fourth-order valence-electron chi connectivity index (χ4n) is 3.82. The second kappa shape index (κ2) is 10.2. The van der Waals surface area contributed by atoms with Gasteiger partial charge < -0.3 is 28.8 Å². The number of benzene rings is 3. The van der Waals surface area contributed by atoms with Crippen LogP contribution in [-0.4, -0.2) is 44.0 Å². The van der Waals surface area contributed by atoms with Crippen LogP contribution in [0, 0.1) is 6.92 Å². The van der Waals surface area contributed by atoms with E-state index in [1.807, 2.05) is 31.2 Å². The van der Waals surface area contributed by atoms with Crippen molar-refractivity contribution in [3.8, 4) is 39.9 Å². The predicted octanol–water partition coefficient (Wildman–Crippen LogP) is 4.59. The molecule has 1 N–H and O–H groups in total. The van der Waals surface area contributed by atoms with E-state index in [4.69, 9.17) is 23.7 Å². The van der Waals surface area contributed by atoms with Crippen LogP contribution in [0.4, 0.5) is 0 Å². The number of hydrogen-bond donors (Lipinski definition) is 1. The average molecular weight is 483 g/mol. The topological polar surface area (TPSA) is 83.5 Å². The summed E-state index contributed by atoms with van der Waals surface area (Å²) < 4.78 is 42.0. The minimum Gasteiger partial charge on any atom is -0.493 e. The summed E-state index contributed by atoms with van der Waals surface area (Å²) in [5.41, 5.74) is 3.01. The first-order valence-corrected chi connectivity index (χ1v) is 11.7. The molecule has 1 unspecified atom stereocenters. The SMILES string of the molecule is COc1cc(/C=C/CO)c(-c2cc3c(cc2S(=O)c2ccc(C)cc2)OCO3)c(OC)c1OC. The van der Waals surface area contributed by atoms with Gasteiger partial charge in [-0.1, -0.05) is 29.8 Å². The Morgan fingerprint density at radius 2 is 1.65 bits per heavy atom. The number of hydrogen-bond acceptors (Lipinski definition) is 7. The van der Waals surface area contributed by atoms with Crippen molar-refractivity contribution in [1.29, 1.82) is 0 Å². The molecule has 0 saturated carbocycles. The second-order valence-electron chi connectivity index (χ2n) is 7.48. The Bertz CT molecular complexity index is 1250. The molecule has 3 aromatic rings. The van der Waals surface area contributed by atoms with Crippen LogP contribution in [0.1, 0.15) is 11.1 Å². The maximum Gasteiger partial charge on any atom is 0.231 e.